The highest BCUT2D eigenvalue weighted by molar-refractivity contribution is 7.89. The smallest absolute Gasteiger partial charge is 0.244 e. The predicted molar refractivity (Wildman–Crippen MR) is 81.8 cm³/mol. The zero-order valence-corrected chi connectivity index (χ0v) is 13.3. The van der Waals surface area contributed by atoms with Crippen LogP contribution in [0.25, 0.3) is 0 Å². The number of hydrogen-bond acceptors (Lipinski definition) is 5. The van der Waals surface area contributed by atoms with Crippen LogP contribution >= 0.6 is 0 Å². The van der Waals surface area contributed by atoms with Crippen LogP contribution in [-0.4, -0.2) is 39.2 Å². The summed E-state index contributed by atoms with van der Waals surface area (Å²) in [5, 5.41) is 3.13. The van der Waals surface area contributed by atoms with Gasteiger partial charge in [0.2, 0.25) is 10.0 Å². The normalized spacial score (nSPS) is 22.4. The Morgan fingerprint density at radius 1 is 1.43 bits per heavy atom. The first-order chi connectivity index (χ1) is 10.1. The summed E-state index contributed by atoms with van der Waals surface area (Å²) in [5.41, 5.74) is 0.598. The molecule has 1 aromatic heterocycles. The van der Waals surface area contributed by atoms with E-state index in [4.69, 9.17) is 4.74 Å². The largest absolute Gasteiger partial charge is 0.384 e. The van der Waals surface area contributed by atoms with Gasteiger partial charge in [0, 0.05) is 32.1 Å². The van der Waals surface area contributed by atoms with E-state index in [1.807, 2.05) is 6.92 Å². The Kier molecular flexibility index (Phi) is 5.55. The Bertz CT molecular complexity index is 562. The Morgan fingerprint density at radius 3 is 2.90 bits per heavy atom. The number of sulfonamides is 1. The number of aromatic nitrogens is 1. The number of ether oxygens (including phenoxy) is 1. The molecule has 0 aromatic carbocycles. The van der Waals surface area contributed by atoms with Crippen molar-refractivity contribution in [3.05, 3.63) is 18.5 Å². The third kappa shape index (κ3) is 4.15. The van der Waals surface area contributed by atoms with Gasteiger partial charge >= 0.3 is 0 Å². The maximum atomic E-state index is 12.5. The van der Waals surface area contributed by atoms with E-state index < -0.39 is 10.0 Å². The molecule has 0 amide bonds. The van der Waals surface area contributed by atoms with Crippen LogP contribution in [0.5, 0.6) is 0 Å². The molecule has 7 heteroatoms. The van der Waals surface area contributed by atoms with Crippen LogP contribution in [0.3, 0.4) is 0 Å². The van der Waals surface area contributed by atoms with Gasteiger partial charge in [-0.25, -0.2) is 13.1 Å². The summed E-state index contributed by atoms with van der Waals surface area (Å²) < 4.78 is 33.1. The number of rotatable bonds is 7. The van der Waals surface area contributed by atoms with E-state index in [1.54, 1.807) is 19.4 Å². The monoisotopic (exact) mass is 313 g/mol. The molecule has 21 heavy (non-hydrogen) atoms. The first-order valence-corrected chi connectivity index (χ1v) is 8.78. The summed E-state index contributed by atoms with van der Waals surface area (Å²) >= 11 is 0. The van der Waals surface area contributed by atoms with Crippen LogP contribution in [0.4, 0.5) is 5.69 Å². The third-order valence-electron chi connectivity index (χ3n) is 3.68. The maximum absolute atomic E-state index is 12.5. The molecule has 2 N–H and O–H groups in total. The highest BCUT2D eigenvalue weighted by Crippen LogP contribution is 2.25. The Balaban J connectivity index is 2.12. The van der Waals surface area contributed by atoms with Crippen molar-refractivity contribution in [1.29, 1.82) is 0 Å². The van der Waals surface area contributed by atoms with Crippen molar-refractivity contribution in [3.8, 4) is 0 Å². The maximum Gasteiger partial charge on any atom is 0.244 e. The molecule has 0 bridgehead atoms. The van der Waals surface area contributed by atoms with Crippen molar-refractivity contribution in [1.82, 2.24) is 9.71 Å². The molecule has 1 aromatic rings. The second kappa shape index (κ2) is 7.20. The second-order valence-electron chi connectivity index (χ2n) is 5.29. The van der Waals surface area contributed by atoms with Crippen molar-refractivity contribution >= 4 is 15.7 Å². The van der Waals surface area contributed by atoms with Gasteiger partial charge in [-0.3, -0.25) is 4.98 Å². The Hall–Kier alpha value is -1.18. The van der Waals surface area contributed by atoms with E-state index in [0.29, 0.717) is 12.1 Å². The van der Waals surface area contributed by atoms with Crippen molar-refractivity contribution in [2.24, 2.45) is 0 Å². The average molecular weight is 313 g/mol. The van der Waals surface area contributed by atoms with Crippen LogP contribution in [0, 0.1) is 0 Å². The molecule has 1 fully saturated rings. The lowest BCUT2D eigenvalue weighted by Crippen LogP contribution is -2.34. The molecular weight excluding hydrogens is 290 g/mol. The fourth-order valence-corrected chi connectivity index (χ4v) is 3.95. The van der Waals surface area contributed by atoms with Gasteiger partial charge in [-0.2, -0.15) is 0 Å². The first kappa shape index (κ1) is 16.2. The van der Waals surface area contributed by atoms with E-state index in [0.717, 1.165) is 25.8 Å². The Morgan fingerprint density at radius 2 is 2.24 bits per heavy atom. The van der Waals surface area contributed by atoms with Crippen molar-refractivity contribution in [2.45, 2.75) is 49.6 Å². The minimum atomic E-state index is -3.57. The molecular formula is C14H23N3O3S. The number of nitrogens with one attached hydrogen (secondary N) is 2. The molecule has 0 saturated heterocycles. The zero-order chi connectivity index (χ0) is 15.3. The molecule has 1 aliphatic rings. The predicted octanol–water partition coefficient (Wildman–Crippen LogP) is 1.75. The summed E-state index contributed by atoms with van der Waals surface area (Å²) in [5.74, 6) is 0. The summed E-state index contributed by atoms with van der Waals surface area (Å²) in [6.07, 6.45) is 6.45. The highest BCUT2D eigenvalue weighted by Gasteiger charge is 2.29. The number of anilines is 1. The fourth-order valence-electron chi connectivity index (χ4n) is 2.54. The SMILES string of the molecule is CCCNc1ccncc1S(=O)(=O)NC1CCC(OC)C1. The van der Waals surface area contributed by atoms with Gasteiger partial charge in [0.05, 0.1) is 11.8 Å². The lowest BCUT2D eigenvalue weighted by molar-refractivity contribution is 0.107. The summed E-state index contributed by atoms with van der Waals surface area (Å²) in [4.78, 5) is 4.15. The van der Waals surface area contributed by atoms with Gasteiger partial charge in [-0.1, -0.05) is 6.92 Å². The average Bonchev–Trinajstić information content (AvgIpc) is 2.92. The number of hydrogen-bond donors (Lipinski definition) is 2. The lowest BCUT2D eigenvalue weighted by atomic mass is 10.3. The van der Waals surface area contributed by atoms with Gasteiger partial charge in [0.15, 0.2) is 0 Å². The molecule has 0 radical (unpaired) electrons. The van der Waals surface area contributed by atoms with Crippen LogP contribution in [0.15, 0.2) is 23.4 Å². The second-order valence-corrected chi connectivity index (χ2v) is 6.97. The van der Waals surface area contributed by atoms with E-state index >= 15 is 0 Å². The van der Waals surface area contributed by atoms with Gasteiger partial charge in [0.25, 0.3) is 0 Å². The van der Waals surface area contributed by atoms with Crippen LogP contribution in [0.2, 0.25) is 0 Å². The first-order valence-electron chi connectivity index (χ1n) is 7.29. The molecule has 1 heterocycles. The molecule has 1 saturated carbocycles. The molecule has 2 rings (SSSR count). The molecule has 6 nitrogen and oxygen atoms in total. The van der Waals surface area contributed by atoms with Gasteiger partial charge in [-0.15, -0.1) is 0 Å². The van der Waals surface area contributed by atoms with E-state index in [1.165, 1.54) is 6.20 Å². The molecule has 2 unspecified atom stereocenters. The minimum Gasteiger partial charge on any atom is -0.384 e. The summed E-state index contributed by atoms with van der Waals surface area (Å²) in [7, 11) is -1.90. The summed E-state index contributed by atoms with van der Waals surface area (Å²) in [6.45, 7) is 2.76. The topological polar surface area (TPSA) is 80.3 Å². The van der Waals surface area contributed by atoms with E-state index in [9.17, 15) is 8.42 Å². The third-order valence-corrected chi connectivity index (χ3v) is 5.23. The van der Waals surface area contributed by atoms with E-state index in [-0.39, 0.29) is 17.0 Å². The quantitative estimate of drug-likeness (QED) is 0.801. The van der Waals surface area contributed by atoms with Crippen LogP contribution in [-0.2, 0) is 14.8 Å². The summed E-state index contributed by atoms with van der Waals surface area (Å²) in [6, 6.07) is 1.62. The minimum absolute atomic E-state index is 0.0702. The number of pyridine rings is 1. The van der Waals surface area contributed by atoms with Crippen molar-refractivity contribution in [3.63, 3.8) is 0 Å². The standard InChI is InChI=1S/C14H23N3O3S/c1-3-7-16-13-6-8-15-10-14(13)21(18,19)17-11-4-5-12(9-11)20-2/h6,8,10-12,17H,3-5,7,9H2,1-2H3,(H,15,16). The molecule has 0 aliphatic heterocycles. The molecule has 118 valence electrons. The van der Waals surface area contributed by atoms with Crippen molar-refractivity contribution < 1.29 is 13.2 Å². The molecule has 2 atom stereocenters. The Labute approximate surface area is 126 Å². The van der Waals surface area contributed by atoms with Crippen molar-refractivity contribution in [2.75, 3.05) is 19.0 Å². The number of nitrogens with zero attached hydrogens (tertiary/aromatic N) is 1. The zero-order valence-electron chi connectivity index (χ0n) is 12.5. The lowest BCUT2D eigenvalue weighted by Gasteiger charge is -2.16. The van der Waals surface area contributed by atoms with Crippen LogP contribution in [0.1, 0.15) is 32.6 Å². The highest BCUT2D eigenvalue weighted by atomic mass is 32.2. The fraction of sp³-hybridized carbons (Fsp3) is 0.643. The number of methoxy groups -OCH3 is 1. The van der Waals surface area contributed by atoms with Gasteiger partial charge < -0.3 is 10.1 Å². The molecule has 1 aliphatic carbocycles. The molecule has 0 spiro atoms. The van der Waals surface area contributed by atoms with Gasteiger partial charge in [-0.05, 0) is 31.7 Å². The van der Waals surface area contributed by atoms with Crippen LogP contribution < -0.4 is 10.0 Å². The van der Waals surface area contributed by atoms with E-state index in [2.05, 4.69) is 15.0 Å². The van der Waals surface area contributed by atoms with Gasteiger partial charge in [0.1, 0.15) is 4.90 Å².